The van der Waals surface area contributed by atoms with Gasteiger partial charge < -0.3 is 23.5 Å². The van der Waals surface area contributed by atoms with Crippen molar-refractivity contribution in [3.8, 4) is 28.7 Å². The highest BCUT2D eigenvalue weighted by Crippen LogP contribution is 2.48. The Morgan fingerprint density at radius 1 is 1.00 bits per heavy atom. The van der Waals surface area contributed by atoms with Gasteiger partial charge in [-0.05, 0) is 49.1 Å². The van der Waals surface area contributed by atoms with E-state index in [-0.39, 0.29) is 46.6 Å². The van der Waals surface area contributed by atoms with Gasteiger partial charge in [0, 0.05) is 17.7 Å². The van der Waals surface area contributed by atoms with E-state index >= 15 is 0 Å². The van der Waals surface area contributed by atoms with Gasteiger partial charge in [-0.15, -0.1) is 0 Å². The Bertz CT molecular complexity index is 1510. The number of esters is 1. The molecule has 0 aliphatic carbocycles. The number of fused-ring (bicyclic) bond motifs is 2. The summed E-state index contributed by atoms with van der Waals surface area (Å²) in [5.74, 6) is -6.81. The van der Waals surface area contributed by atoms with Gasteiger partial charge >= 0.3 is 16.1 Å². The Hall–Kier alpha value is -3.77. The Morgan fingerprint density at radius 3 is 2.26 bits per heavy atom. The quantitative estimate of drug-likeness (QED) is 0.230. The SMILES string of the molecule is COc1c([C@@H](O)CC(C)C)ccc2c1C(=O)Oc1cc(C)cc(OS(=O)(=O)c3c(F)cc(F)cc3F)c1O2. The third-order valence-electron chi connectivity index (χ3n) is 5.60. The van der Waals surface area contributed by atoms with Crippen LogP contribution in [0.15, 0.2) is 41.3 Å². The fraction of sp³-hybridized carbons (Fsp3) is 0.269. The molecular weight excluding hydrogens is 529 g/mol. The number of hydrogen-bond donors (Lipinski definition) is 1. The standard InChI is InChI=1S/C26H23F3O8S/c1-12(2)7-18(30)15-5-6-19-22(23(15)34-4)26(31)36-20-8-13(3)9-21(24(20)35-19)37-38(32,33)25-16(28)10-14(27)11-17(25)29/h5-6,8-12,18,30H,7H2,1-4H3/t18-/m0/s1. The van der Waals surface area contributed by atoms with E-state index in [2.05, 4.69) is 0 Å². The molecule has 0 fully saturated rings. The van der Waals surface area contributed by atoms with Crippen molar-refractivity contribution in [1.82, 2.24) is 0 Å². The van der Waals surface area contributed by atoms with E-state index in [0.29, 0.717) is 17.5 Å². The lowest BCUT2D eigenvalue weighted by Gasteiger charge is -2.19. The molecule has 0 saturated carbocycles. The highest BCUT2D eigenvalue weighted by molar-refractivity contribution is 7.87. The molecular formula is C26H23F3O8S. The molecule has 1 aliphatic rings. The minimum Gasteiger partial charge on any atom is -0.495 e. The van der Waals surface area contributed by atoms with Crippen LogP contribution in [-0.2, 0) is 10.1 Å². The first kappa shape index (κ1) is 27.3. The van der Waals surface area contributed by atoms with Gasteiger partial charge in [-0.25, -0.2) is 18.0 Å². The number of carbonyl (C=O) groups excluding carboxylic acids is 1. The minimum absolute atomic E-state index is 0.00396. The average Bonchev–Trinajstić information content (AvgIpc) is 2.92. The fourth-order valence-electron chi connectivity index (χ4n) is 4.05. The Morgan fingerprint density at radius 2 is 1.66 bits per heavy atom. The highest BCUT2D eigenvalue weighted by Gasteiger charge is 2.34. The van der Waals surface area contributed by atoms with Crippen molar-refractivity contribution < 1.29 is 49.9 Å². The van der Waals surface area contributed by atoms with E-state index in [1.54, 1.807) is 0 Å². The maximum Gasteiger partial charge on any atom is 0.351 e. The zero-order valence-corrected chi connectivity index (χ0v) is 21.5. The number of aryl methyl sites for hydroxylation is 1. The zero-order valence-electron chi connectivity index (χ0n) is 20.7. The second kappa shape index (κ2) is 10.2. The van der Waals surface area contributed by atoms with E-state index in [9.17, 15) is 31.5 Å². The summed E-state index contributed by atoms with van der Waals surface area (Å²) < 4.78 is 89.1. The normalized spacial score (nSPS) is 13.7. The van der Waals surface area contributed by atoms with E-state index < -0.39 is 50.3 Å². The van der Waals surface area contributed by atoms with E-state index in [0.717, 1.165) is 0 Å². The first-order chi connectivity index (χ1) is 17.8. The number of methoxy groups -OCH3 is 1. The van der Waals surface area contributed by atoms with Crippen LogP contribution in [0, 0.1) is 30.3 Å². The van der Waals surface area contributed by atoms with Crippen molar-refractivity contribution in [3.63, 3.8) is 0 Å². The lowest BCUT2D eigenvalue weighted by Crippen LogP contribution is -2.15. The molecule has 3 aromatic rings. The van der Waals surface area contributed by atoms with Gasteiger partial charge in [0.15, 0.2) is 28.0 Å². The molecule has 38 heavy (non-hydrogen) atoms. The Labute approximate surface area is 216 Å². The molecule has 0 saturated heterocycles. The molecule has 4 rings (SSSR count). The summed E-state index contributed by atoms with van der Waals surface area (Å²) in [5.41, 5.74) is 0.478. The summed E-state index contributed by atoms with van der Waals surface area (Å²) in [5, 5.41) is 10.7. The van der Waals surface area contributed by atoms with Crippen molar-refractivity contribution in [3.05, 3.63) is 70.5 Å². The zero-order chi connectivity index (χ0) is 27.9. The predicted molar refractivity (Wildman–Crippen MR) is 128 cm³/mol. The largest absolute Gasteiger partial charge is 0.495 e. The number of halogens is 3. The molecule has 1 heterocycles. The van der Waals surface area contributed by atoms with Gasteiger partial charge in [-0.3, -0.25) is 0 Å². The predicted octanol–water partition coefficient (Wildman–Crippen LogP) is 5.59. The van der Waals surface area contributed by atoms with E-state index in [1.165, 1.54) is 38.3 Å². The van der Waals surface area contributed by atoms with Crippen LogP contribution in [0.25, 0.3) is 0 Å². The molecule has 12 heteroatoms. The second-order valence-corrected chi connectivity index (χ2v) is 10.5. The summed E-state index contributed by atoms with van der Waals surface area (Å²) in [6.45, 7) is 5.34. The van der Waals surface area contributed by atoms with Crippen LogP contribution in [0.3, 0.4) is 0 Å². The van der Waals surface area contributed by atoms with Crippen molar-refractivity contribution in [2.75, 3.05) is 7.11 Å². The number of carbonyl (C=O) groups is 1. The van der Waals surface area contributed by atoms with Crippen molar-refractivity contribution >= 4 is 16.1 Å². The van der Waals surface area contributed by atoms with Crippen LogP contribution in [0.2, 0.25) is 0 Å². The molecule has 0 aromatic heterocycles. The van der Waals surface area contributed by atoms with Gasteiger partial charge in [0.1, 0.15) is 22.9 Å². The highest BCUT2D eigenvalue weighted by atomic mass is 32.2. The first-order valence-electron chi connectivity index (χ1n) is 11.3. The minimum atomic E-state index is -5.18. The van der Waals surface area contributed by atoms with Crippen molar-refractivity contribution in [1.29, 1.82) is 0 Å². The maximum absolute atomic E-state index is 14.2. The van der Waals surface area contributed by atoms with Gasteiger partial charge in [-0.2, -0.15) is 8.42 Å². The average molecular weight is 553 g/mol. The maximum atomic E-state index is 14.2. The van der Waals surface area contributed by atoms with Crippen LogP contribution < -0.4 is 18.4 Å². The molecule has 0 unspecified atom stereocenters. The summed E-state index contributed by atoms with van der Waals surface area (Å²) in [4.78, 5) is 11.6. The van der Waals surface area contributed by atoms with E-state index in [4.69, 9.17) is 18.4 Å². The summed E-state index contributed by atoms with van der Waals surface area (Å²) in [6, 6.07) is 5.79. The molecule has 3 aromatic carbocycles. The molecule has 8 nitrogen and oxygen atoms in total. The number of aliphatic hydroxyl groups excluding tert-OH is 1. The monoisotopic (exact) mass is 552 g/mol. The third kappa shape index (κ3) is 5.14. The molecule has 0 amide bonds. The van der Waals surface area contributed by atoms with Crippen LogP contribution in [0.1, 0.15) is 47.9 Å². The van der Waals surface area contributed by atoms with Gasteiger partial charge in [0.2, 0.25) is 5.75 Å². The third-order valence-corrected chi connectivity index (χ3v) is 6.89. The number of rotatable bonds is 7. The Balaban J connectivity index is 1.82. The van der Waals surface area contributed by atoms with E-state index in [1.807, 2.05) is 13.8 Å². The lowest BCUT2D eigenvalue weighted by atomic mass is 9.96. The van der Waals surface area contributed by atoms with Crippen LogP contribution >= 0.6 is 0 Å². The molecule has 0 spiro atoms. The number of aliphatic hydroxyl groups is 1. The van der Waals surface area contributed by atoms with Crippen LogP contribution in [0.4, 0.5) is 13.2 Å². The number of benzene rings is 3. The Kier molecular flexibility index (Phi) is 7.31. The summed E-state index contributed by atoms with van der Waals surface area (Å²) in [7, 11) is -3.89. The molecule has 0 bridgehead atoms. The number of ether oxygens (including phenoxy) is 3. The number of hydrogen-bond acceptors (Lipinski definition) is 8. The summed E-state index contributed by atoms with van der Waals surface area (Å²) >= 11 is 0. The first-order valence-corrected chi connectivity index (χ1v) is 12.8. The van der Waals surface area contributed by atoms with Crippen LogP contribution in [0.5, 0.6) is 28.7 Å². The molecule has 202 valence electrons. The fourth-order valence-corrected chi connectivity index (χ4v) is 5.09. The molecule has 1 aliphatic heterocycles. The lowest BCUT2D eigenvalue weighted by molar-refractivity contribution is 0.0733. The second-order valence-electron chi connectivity index (χ2n) is 9.02. The molecule has 0 radical (unpaired) electrons. The summed E-state index contributed by atoms with van der Waals surface area (Å²) in [6.07, 6.45) is -0.600. The topological polar surface area (TPSA) is 108 Å². The smallest absolute Gasteiger partial charge is 0.351 e. The van der Waals surface area contributed by atoms with Crippen molar-refractivity contribution in [2.45, 2.75) is 38.2 Å². The van der Waals surface area contributed by atoms with Crippen LogP contribution in [-0.4, -0.2) is 26.6 Å². The molecule has 1 atom stereocenters. The van der Waals surface area contributed by atoms with Gasteiger partial charge in [0.25, 0.3) is 0 Å². The van der Waals surface area contributed by atoms with Crippen molar-refractivity contribution in [2.24, 2.45) is 5.92 Å². The van der Waals surface area contributed by atoms with Gasteiger partial charge in [-0.1, -0.05) is 13.8 Å². The molecule has 1 N–H and O–H groups in total. The van der Waals surface area contributed by atoms with Gasteiger partial charge in [0.05, 0.1) is 13.2 Å².